The Labute approximate surface area is 156 Å². The highest BCUT2D eigenvalue weighted by Crippen LogP contribution is 2.13. The van der Waals surface area contributed by atoms with E-state index in [1.165, 1.54) is 9.87 Å². The number of carbonyl (C=O) groups is 1. The fraction of sp³-hybridized carbons (Fsp3) is 0.350. The van der Waals surface area contributed by atoms with Gasteiger partial charge in [0, 0.05) is 12.2 Å². The number of nitrogens with zero attached hydrogens (tertiary/aromatic N) is 1. The Morgan fingerprint density at radius 2 is 1.65 bits per heavy atom. The lowest BCUT2D eigenvalue weighted by molar-refractivity contribution is -0.116. The predicted molar refractivity (Wildman–Crippen MR) is 105 cm³/mol. The van der Waals surface area contributed by atoms with Crippen LogP contribution in [-0.2, 0) is 27.8 Å². The van der Waals surface area contributed by atoms with E-state index < -0.39 is 10.0 Å². The fourth-order valence-electron chi connectivity index (χ4n) is 2.57. The first-order valence-corrected chi connectivity index (χ1v) is 10.6. The first-order valence-electron chi connectivity index (χ1n) is 8.76. The molecule has 5 nitrogen and oxygen atoms in total. The number of anilines is 1. The van der Waals surface area contributed by atoms with E-state index in [9.17, 15) is 13.2 Å². The summed E-state index contributed by atoms with van der Waals surface area (Å²) in [5.41, 5.74) is 2.74. The van der Waals surface area contributed by atoms with Gasteiger partial charge in [-0.15, -0.1) is 0 Å². The molecule has 2 aromatic carbocycles. The van der Waals surface area contributed by atoms with Gasteiger partial charge in [-0.25, -0.2) is 8.42 Å². The number of carbonyl (C=O) groups excluding carboxylic acids is 1. The zero-order valence-corrected chi connectivity index (χ0v) is 16.1. The standard InChI is InChI=1S/C20H26N2O3S/c1-3-4-8-17-11-13-19(14-12-17)21-20(23)16-22(26(2,24)25)15-18-9-6-5-7-10-18/h5-7,9-14H,3-4,8,15-16H2,1-2H3,(H,21,23). The summed E-state index contributed by atoms with van der Waals surface area (Å²) in [5.74, 6) is -0.354. The number of hydrogen-bond donors (Lipinski definition) is 1. The third-order valence-corrected chi connectivity index (χ3v) is 5.24. The molecule has 0 heterocycles. The first kappa shape index (κ1) is 20.1. The van der Waals surface area contributed by atoms with Crippen molar-refractivity contribution in [2.45, 2.75) is 32.7 Å². The second-order valence-electron chi connectivity index (χ2n) is 6.37. The van der Waals surface area contributed by atoms with Crippen LogP contribution in [0.4, 0.5) is 5.69 Å². The lowest BCUT2D eigenvalue weighted by Crippen LogP contribution is -2.36. The molecule has 0 aliphatic heterocycles. The SMILES string of the molecule is CCCCc1ccc(NC(=O)CN(Cc2ccccc2)S(C)(=O)=O)cc1. The summed E-state index contributed by atoms with van der Waals surface area (Å²) >= 11 is 0. The number of nitrogens with one attached hydrogen (secondary N) is 1. The van der Waals surface area contributed by atoms with Crippen molar-refractivity contribution in [3.8, 4) is 0 Å². The van der Waals surface area contributed by atoms with Gasteiger partial charge in [-0.05, 0) is 36.1 Å². The van der Waals surface area contributed by atoms with Crippen molar-refractivity contribution in [1.82, 2.24) is 4.31 Å². The van der Waals surface area contributed by atoms with E-state index in [1.807, 2.05) is 54.6 Å². The zero-order valence-electron chi connectivity index (χ0n) is 15.3. The molecule has 0 aliphatic carbocycles. The third-order valence-electron chi connectivity index (χ3n) is 4.05. The van der Waals surface area contributed by atoms with Crippen LogP contribution >= 0.6 is 0 Å². The van der Waals surface area contributed by atoms with Gasteiger partial charge in [-0.1, -0.05) is 55.8 Å². The minimum atomic E-state index is -3.49. The molecule has 6 heteroatoms. The van der Waals surface area contributed by atoms with Crippen molar-refractivity contribution >= 4 is 21.6 Å². The Morgan fingerprint density at radius 1 is 1.00 bits per heavy atom. The number of amides is 1. The van der Waals surface area contributed by atoms with E-state index in [0.29, 0.717) is 5.69 Å². The minimum absolute atomic E-state index is 0.170. The largest absolute Gasteiger partial charge is 0.325 e. The maximum atomic E-state index is 12.3. The average Bonchev–Trinajstić information content (AvgIpc) is 2.61. The van der Waals surface area contributed by atoms with E-state index >= 15 is 0 Å². The van der Waals surface area contributed by atoms with Gasteiger partial charge in [0.25, 0.3) is 0 Å². The Bertz CT molecular complexity index is 803. The van der Waals surface area contributed by atoms with Crippen LogP contribution in [0.1, 0.15) is 30.9 Å². The van der Waals surface area contributed by atoms with Crippen LogP contribution in [0.15, 0.2) is 54.6 Å². The topological polar surface area (TPSA) is 66.5 Å². The highest BCUT2D eigenvalue weighted by atomic mass is 32.2. The second kappa shape index (κ2) is 9.50. The molecule has 140 valence electrons. The van der Waals surface area contributed by atoms with Crippen molar-refractivity contribution in [3.05, 3.63) is 65.7 Å². The van der Waals surface area contributed by atoms with Gasteiger partial charge in [-0.3, -0.25) is 4.79 Å². The normalized spacial score (nSPS) is 11.5. The van der Waals surface area contributed by atoms with Gasteiger partial charge in [0.2, 0.25) is 15.9 Å². The third kappa shape index (κ3) is 6.61. The Kier molecular flexibility index (Phi) is 7.36. The summed E-state index contributed by atoms with van der Waals surface area (Å²) in [5, 5.41) is 2.77. The molecule has 1 N–H and O–H groups in total. The molecule has 0 aliphatic rings. The van der Waals surface area contributed by atoms with Crippen LogP contribution in [0.2, 0.25) is 0 Å². The fourth-order valence-corrected chi connectivity index (χ4v) is 3.31. The van der Waals surface area contributed by atoms with Crippen LogP contribution in [0.3, 0.4) is 0 Å². The lowest BCUT2D eigenvalue weighted by Gasteiger charge is -2.19. The molecule has 0 saturated carbocycles. The van der Waals surface area contributed by atoms with E-state index in [0.717, 1.165) is 31.1 Å². The number of hydrogen-bond acceptors (Lipinski definition) is 3. The van der Waals surface area contributed by atoms with E-state index in [4.69, 9.17) is 0 Å². The molecule has 26 heavy (non-hydrogen) atoms. The molecular formula is C20H26N2O3S. The first-order chi connectivity index (χ1) is 12.4. The van der Waals surface area contributed by atoms with Crippen molar-refractivity contribution in [2.24, 2.45) is 0 Å². The molecule has 0 atom stereocenters. The van der Waals surface area contributed by atoms with Gasteiger partial charge >= 0.3 is 0 Å². The zero-order chi connectivity index (χ0) is 19.0. The smallest absolute Gasteiger partial charge is 0.239 e. The summed E-state index contributed by atoms with van der Waals surface area (Å²) < 4.78 is 25.2. The van der Waals surface area contributed by atoms with E-state index in [1.54, 1.807) is 0 Å². The van der Waals surface area contributed by atoms with Gasteiger partial charge < -0.3 is 5.32 Å². The highest BCUT2D eigenvalue weighted by molar-refractivity contribution is 7.88. The second-order valence-corrected chi connectivity index (χ2v) is 8.35. The molecule has 0 spiro atoms. The Morgan fingerprint density at radius 3 is 2.23 bits per heavy atom. The number of unbranched alkanes of at least 4 members (excludes halogenated alkanes) is 1. The van der Waals surface area contributed by atoms with Crippen LogP contribution in [0, 0.1) is 0 Å². The van der Waals surface area contributed by atoms with Gasteiger partial charge in [0.1, 0.15) is 0 Å². The van der Waals surface area contributed by atoms with Crippen LogP contribution in [0.5, 0.6) is 0 Å². The summed E-state index contributed by atoms with van der Waals surface area (Å²) in [4.78, 5) is 12.3. The van der Waals surface area contributed by atoms with Crippen LogP contribution < -0.4 is 5.32 Å². The molecule has 0 unspecified atom stereocenters. The van der Waals surface area contributed by atoms with Crippen LogP contribution in [-0.4, -0.2) is 31.4 Å². The van der Waals surface area contributed by atoms with Crippen molar-refractivity contribution in [1.29, 1.82) is 0 Å². The molecular weight excluding hydrogens is 348 g/mol. The number of rotatable bonds is 9. The van der Waals surface area contributed by atoms with Crippen molar-refractivity contribution in [2.75, 3.05) is 18.1 Å². The van der Waals surface area contributed by atoms with Crippen molar-refractivity contribution < 1.29 is 13.2 Å². The molecule has 0 saturated heterocycles. The highest BCUT2D eigenvalue weighted by Gasteiger charge is 2.20. The van der Waals surface area contributed by atoms with Gasteiger partial charge in [-0.2, -0.15) is 4.31 Å². The molecule has 0 fully saturated rings. The number of benzene rings is 2. The molecule has 1 amide bonds. The molecule has 2 rings (SSSR count). The van der Waals surface area contributed by atoms with Crippen molar-refractivity contribution in [3.63, 3.8) is 0 Å². The maximum Gasteiger partial charge on any atom is 0.239 e. The quantitative estimate of drug-likeness (QED) is 0.731. The average molecular weight is 375 g/mol. The van der Waals surface area contributed by atoms with Gasteiger partial charge in [0.05, 0.1) is 12.8 Å². The Hall–Kier alpha value is -2.18. The summed E-state index contributed by atoms with van der Waals surface area (Å²) in [6.07, 6.45) is 4.41. The van der Waals surface area contributed by atoms with E-state index in [-0.39, 0.29) is 19.0 Å². The van der Waals surface area contributed by atoms with Crippen LogP contribution in [0.25, 0.3) is 0 Å². The summed E-state index contributed by atoms with van der Waals surface area (Å²) in [6, 6.07) is 16.9. The maximum absolute atomic E-state index is 12.3. The number of aryl methyl sites for hydroxylation is 1. The molecule has 0 bridgehead atoms. The molecule has 0 radical (unpaired) electrons. The minimum Gasteiger partial charge on any atom is -0.325 e. The predicted octanol–water partition coefficient (Wildman–Crippen LogP) is 3.43. The molecule has 2 aromatic rings. The summed E-state index contributed by atoms with van der Waals surface area (Å²) in [7, 11) is -3.49. The summed E-state index contributed by atoms with van der Waals surface area (Å²) in [6.45, 7) is 2.10. The molecule has 0 aromatic heterocycles. The van der Waals surface area contributed by atoms with Gasteiger partial charge in [0.15, 0.2) is 0 Å². The van der Waals surface area contributed by atoms with E-state index in [2.05, 4.69) is 12.2 Å². The lowest BCUT2D eigenvalue weighted by atomic mass is 10.1. The number of sulfonamides is 1. The monoisotopic (exact) mass is 374 g/mol. The Balaban J connectivity index is 1.98.